The monoisotopic (exact) mass is 309 g/mol. The summed E-state index contributed by atoms with van der Waals surface area (Å²) in [6.07, 6.45) is 2.81. The van der Waals surface area contributed by atoms with E-state index in [9.17, 15) is 10.1 Å². The van der Waals surface area contributed by atoms with E-state index in [1.165, 1.54) is 23.3 Å². The lowest BCUT2D eigenvalue weighted by Gasteiger charge is -2.35. The molecule has 118 valence electrons. The van der Waals surface area contributed by atoms with Crippen LogP contribution in [0.5, 0.6) is 0 Å². The zero-order valence-electron chi connectivity index (χ0n) is 13.2. The van der Waals surface area contributed by atoms with Crippen LogP contribution in [0.1, 0.15) is 37.5 Å². The third kappa shape index (κ3) is 3.48. The number of benzene rings is 2. The van der Waals surface area contributed by atoms with Crippen molar-refractivity contribution in [3.8, 4) is 0 Å². The standard InChI is InChI=1S/C19H19NO3/c1-19(2)13-16(14-6-4-3-5-7-14)12-18(23-19)15-8-10-17(11-9-15)20(21)22/h3-11,13,18H,12H2,1-2H3. The molecule has 2 aromatic rings. The first-order valence-electron chi connectivity index (χ1n) is 7.64. The van der Waals surface area contributed by atoms with Crippen LogP contribution in [0.15, 0.2) is 60.7 Å². The van der Waals surface area contributed by atoms with E-state index in [1.807, 2.05) is 32.0 Å². The fraction of sp³-hybridized carbons (Fsp3) is 0.263. The predicted molar refractivity (Wildman–Crippen MR) is 90.0 cm³/mol. The second-order valence-electron chi connectivity index (χ2n) is 6.30. The molecule has 4 nitrogen and oxygen atoms in total. The first kappa shape index (κ1) is 15.4. The van der Waals surface area contributed by atoms with Gasteiger partial charge in [0.05, 0.1) is 16.6 Å². The van der Waals surface area contributed by atoms with Crippen molar-refractivity contribution in [2.75, 3.05) is 0 Å². The van der Waals surface area contributed by atoms with Crippen molar-refractivity contribution < 1.29 is 9.66 Å². The normalized spacial score (nSPS) is 19.9. The largest absolute Gasteiger partial charge is 0.363 e. The number of nitro groups is 1. The topological polar surface area (TPSA) is 52.4 Å². The first-order chi connectivity index (χ1) is 10.9. The van der Waals surface area contributed by atoms with Gasteiger partial charge in [-0.3, -0.25) is 10.1 Å². The Bertz CT molecular complexity index is 733. The van der Waals surface area contributed by atoms with Gasteiger partial charge >= 0.3 is 0 Å². The Hall–Kier alpha value is -2.46. The number of rotatable bonds is 3. The lowest BCUT2D eigenvalue weighted by molar-refractivity contribution is -0.384. The molecule has 0 fully saturated rings. The predicted octanol–water partition coefficient (Wildman–Crippen LogP) is 4.92. The van der Waals surface area contributed by atoms with Crippen LogP contribution in [0.2, 0.25) is 0 Å². The molecule has 0 radical (unpaired) electrons. The van der Waals surface area contributed by atoms with Crippen LogP contribution >= 0.6 is 0 Å². The molecule has 4 heteroatoms. The van der Waals surface area contributed by atoms with Crippen LogP contribution in [0.4, 0.5) is 5.69 Å². The average Bonchev–Trinajstić information content (AvgIpc) is 2.54. The summed E-state index contributed by atoms with van der Waals surface area (Å²) in [7, 11) is 0. The van der Waals surface area contributed by atoms with Gasteiger partial charge in [0.25, 0.3) is 5.69 Å². The van der Waals surface area contributed by atoms with Gasteiger partial charge in [0.2, 0.25) is 0 Å². The molecule has 3 rings (SSSR count). The molecule has 2 aromatic carbocycles. The molecule has 23 heavy (non-hydrogen) atoms. The summed E-state index contributed by atoms with van der Waals surface area (Å²) < 4.78 is 6.17. The van der Waals surface area contributed by atoms with Gasteiger partial charge in [-0.15, -0.1) is 0 Å². The van der Waals surface area contributed by atoms with E-state index in [0.29, 0.717) is 0 Å². The zero-order valence-corrected chi connectivity index (χ0v) is 13.2. The van der Waals surface area contributed by atoms with E-state index in [0.717, 1.165) is 12.0 Å². The van der Waals surface area contributed by atoms with Gasteiger partial charge in [-0.1, -0.05) is 30.3 Å². The van der Waals surface area contributed by atoms with Crippen molar-refractivity contribution >= 4 is 11.3 Å². The van der Waals surface area contributed by atoms with Crippen molar-refractivity contribution in [3.05, 3.63) is 81.9 Å². The van der Waals surface area contributed by atoms with E-state index in [-0.39, 0.29) is 22.3 Å². The van der Waals surface area contributed by atoms with Crippen molar-refractivity contribution in [3.63, 3.8) is 0 Å². The Balaban J connectivity index is 1.90. The highest BCUT2D eigenvalue weighted by atomic mass is 16.6. The van der Waals surface area contributed by atoms with Crippen LogP contribution in [0, 0.1) is 10.1 Å². The van der Waals surface area contributed by atoms with Crippen molar-refractivity contribution in [2.45, 2.75) is 32.0 Å². The van der Waals surface area contributed by atoms with Crippen LogP contribution in [-0.2, 0) is 4.74 Å². The smallest absolute Gasteiger partial charge is 0.269 e. The third-order valence-corrected chi connectivity index (χ3v) is 3.99. The molecule has 1 aliphatic heterocycles. The second-order valence-corrected chi connectivity index (χ2v) is 6.30. The molecular formula is C19H19NO3. The van der Waals surface area contributed by atoms with Crippen molar-refractivity contribution in [2.24, 2.45) is 0 Å². The second kappa shape index (κ2) is 5.97. The molecule has 1 atom stereocenters. The maximum Gasteiger partial charge on any atom is 0.269 e. The molecule has 1 heterocycles. The summed E-state index contributed by atoms with van der Waals surface area (Å²) in [5.41, 5.74) is 3.12. The van der Waals surface area contributed by atoms with Crippen LogP contribution in [-0.4, -0.2) is 10.5 Å². The SMILES string of the molecule is CC1(C)C=C(c2ccccc2)CC(c2ccc([N+](=O)[O-])cc2)O1. The summed E-state index contributed by atoms with van der Waals surface area (Å²) in [6, 6.07) is 16.9. The molecule has 0 bridgehead atoms. The van der Waals surface area contributed by atoms with Gasteiger partial charge < -0.3 is 4.74 Å². The molecule has 0 amide bonds. The molecule has 0 saturated heterocycles. The Morgan fingerprint density at radius 2 is 1.74 bits per heavy atom. The highest BCUT2D eigenvalue weighted by Gasteiger charge is 2.30. The van der Waals surface area contributed by atoms with Gasteiger partial charge in [-0.2, -0.15) is 0 Å². The van der Waals surface area contributed by atoms with E-state index >= 15 is 0 Å². The lowest BCUT2D eigenvalue weighted by atomic mass is 9.89. The van der Waals surface area contributed by atoms with Crippen LogP contribution < -0.4 is 0 Å². The number of nitrogens with zero attached hydrogens (tertiary/aromatic N) is 1. The molecule has 0 saturated carbocycles. The number of hydrogen-bond acceptors (Lipinski definition) is 3. The number of ether oxygens (including phenoxy) is 1. The van der Waals surface area contributed by atoms with E-state index in [4.69, 9.17) is 4.74 Å². The summed E-state index contributed by atoms with van der Waals surface area (Å²) in [5, 5.41) is 10.8. The van der Waals surface area contributed by atoms with Crippen LogP contribution in [0.25, 0.3) is 5.57 Å². The summed E-state index contributed by atoms with van der Waals surface area (Å²) >= 11 is 0. The van der Waals surface area contributed by atoms with Gasteiger partial charge in [0.15, 0.2) is 0 Å². The van der Waals surface area contributed by atoms with E-state index in [1.54, 1.807) is 12.1 Å². The summed E-state index contributed by atoms with van der Waals surface area (Å²) in [5.74, 6) is 0. The minimum absolute atomic E-state index is 0.0997. The minimum atomic E-state index is -0.384. The van der Waals surface area contributed by atoms with Gasteiger partial charge in [0.1, 0.15) is 0 Å². The van der Waals surface area contributed by atoms with Crippen LogP contribution in [0.3, 0.4) is 0 Å². The molecule has 1 unspecified atom stereocenters. The fourth-order valence-corrected chi connectivity index (χ4v) is 2.97. The maximum absolute atomic E-state index is 10.8. The molecule has 0 spiro atoms. The number of nitro benzene ring substituents is 1. The highest BCUT2D eigenvalue weighted by Crippen LogP contribution is 2.40. The third-order valence-electron chi connectivity index (χ3n) is 3.99. The molecule has 0 aliphatic carbocycles. The molecular weight excluding hydrogens is 290 g/mol. The van der Waals surface area contributed by atoms with E-state index < -0.39 is 0 Å². The zero-order chi connectivity index (χ0) is 16.4. The first-order valence-corrected chi connectivity index (χ1v) is 7.64. The van der Waals surface area contributed by atoms with Gasteiger partial charge in [-0.05, 0) is 48.8 Å². The van der Waals surface area contributed by atoms with Crippen molar-refractivity contribution in [1.82, 2.24) is 0 Å². The van der Waals surface area contributed by atoms with Gasteiger partial charge in [0, 0.05) is 18.6 Å². The van der Waals surface area contributed by atoms with Gasteiger partial charge in [-0.25, -0.2) is 0 Å². The van der Waals surface area contributed by atoms with E-state index in [2.05, 4.69) is 18.2 Å². The summed E-state index contributed by atoms with van der Waals surface area (Å²) in [6.45, 7) is 4.07. The molecule has 0 aromatic heterocycles. The Morgan fingerprint density at radius 3 is 2.35 bits per heavy atom. The number of non-ortho nitro benzene ring substituents is 1. The average molecular weight is 309 g/mol. The fourth-order valence-electron chi connectivity index (χ4n) is 2.97. The maximum atomic E-state index is 10.8. The number of hydrogen-bond donors (Lipinski definition) is 0. The Kier molecular flexibility index (Phi) is 4.01. The quantitative estimate of drug-likeness (QED) is 0.597. The Labute approximate surface area is 135 Å². The molecule has 0 N–H and O–H groups in total. The lowest BCUT2D eigenvalue weighted by Crippen LogP contribution is -2.28. The highest BCUT2D eigenvalue weighted by molar-refractivity contribution is 5.68. The molecule has 1 aliphatic rings. The Morgan fingerprint density at radius 1 is 1.09 bits per heavy atom. The minimum Gasteiger partial charge on any atom is -0.363 e. The van der Waals surface area contributed by atoms with Crippen molar-refractivity contribution in [1.29, 1.82) is 0 Å². The summed E-state index contributed by atoms with van der Waals surface area (Å²) in [4.78, 5) is 10.4.